The molecule has 2 nitrogen and oxygen atoms in total. The molecule has 0 bridgehead atoms. The lowest BCUT2D eigenvalue weighted by Crippen LogP contribution is -2.22. The Kier molecular flexibility index (Phi) is 26.8. The van der Waals surface area contributed by atoms with Crippen LogP contribution in [0.4, 0.5) is 0 Å². The summed E-state index contributed by atoms with van der Waals surface area (Å²) in [5, 5.41) is 0. The maximum absolute atomic E-state index is 5.82. The van der Waals surface area contributed by atoms with Crippen molar-refractivity contribution in [2.75, 3.05) is 13.2 Å². The number of hydrogen-bond acceptors (Lipinski definition) is 2. The Balaban J connectivity index is 1.61. The molecule has 1 aliphatic rings. The summed E-state index contributed by atoms with van der Waals surface area (Å²) < 4.78 is 11.4. The molecule has 1 atom stereocenters. The molecule has 0 aliphatic carbocycles. The smallest absolute Gasteiger partial charge is 0.157 e. The van der Waals surface area contributed by atoms with Gasteiger partial charge in [-0.25, -0.2) is 0 Å². The summed E-state index contributed by atoms with van der Waals surface area (Å²) in [6.07, 6.45) is 41.3. The van der Waals surface area contributed by atoms with Gasteiger partial charge >= 0.3 is 0 Å². The quantitative estimate of drug-likeness (QED) is 0.101. The number of unbranched alkanes of at least 4 members (excludes halogenated alkanes) is 25. The van der Waals surface area contributed by atoms with E-state index in [1.807, 2.05) is 0 Å². The van der Waals surface area contributed by atoms with E-state index in [9.17, 15) is 0 Å². The molecule has 0 N–H and O–H groups in total. The van der Waals surface area contributed by atoms with Gasteiger partial charge in [0.15, 0.2) is 6.29 Å². The first-order valence-corrected chi connectivity index (χ1v) is 16.7. The van der Waals surface area contributed by atoms with E-state index in [-0.39, 0.29) is 6.29 Å². The van der Waals surface area contributed by atoms with Crippen LogP contribution in [-0.2, 0) is 9.47 Å². The van der Waals surface area contributed by atoms with Gasteiger partial charge in [-0.15, -0.1) is 0 Å². The lowest BCUT2D eigenvalue weighted by molar-refractivity contribution is -0.162. The predicted octanol–water partition coefficient (Wildman–Crippen LogP) is 11.7. The second-order valence-electron chi connectivity index (χ2n) is 11.5. The van der Waals surface area contributed by atoms with E-state index < -0.39 is 0 Å². The lowest BCUT2D eigenvalue weighted by Gasteiger charge is -2.22. The maximum atomic E-state index is 5.82. The minimum Gasteiger partial charge on any atom is -0.353 e. The van der Waals surface area contributed by atoms with Crippen molar-refractivity contribution in [1.29, 1.82) is 0 Å². The highest BCUT2D eigenvalue weighted by Crippen LogP contribution is 2.17. The largest absolute Gasteiger partial charge is 0.353 e. The van der Waals surface area contributed by atoms with E-state index in [1.54, 1.807) is 0 Å². The van der Waals surface area contributed by atoms with E-state index in [1.165, 1.54) is 180 Å². The SMILES string of the molecule is CCCCCCCCCCCCCCCCCCCCCCCCCCCCOC1CCCCO1. The van der Waals surface area contributed by atoms with Crippen LogP contribution in [0.15, 0.2) is 0 Å². The molecule has 0 amide bonds. The third kappa shape index (κ3) is 25.4. The Hall–Kier alpha value is -0.0800. The minimum atomic E-state index is 0.1000. The maximum Gasteiger partial charge on any atom is 0.157 e. The van der Waals surface area contributed by atoms with Gasteiger partial charge in [0.1, 0.15) is 0 Å². The third-order valence-electron chi connectivity index (χ3n) is 7.94. The van der Waals surface area contributed by atoms with Crippen molar-refractivity contribution in [2.24, 2.45) is 0 Å². The van der Waals surface area contributed by atoms with Crippen LogP contribution in [0.2, 0.25) is 0 Å². The normalized spacial score (nSPS) is 16.2. The second kappa shape index (κ2) is 28.5. The van der Waals surface area contributed by atoms with Crippen LogP contribution in [-0.4, -0.2) is 19.5 Å². The van der Waals surface area contributed by atoms with Gasteiger partial charge in [-0.05, 0) is 25.7 Å². The summed E-state index contributed by atoms with van der Waals surface area (Å²) in [5.41, 5.74) is 0. The van der Waals surface area contributed by atoms with Crippen molar-refractivity contribution in [3.8, 4) is 0 Å². The highest BCUT2D eigenvalue weighted by atomic mass is 16.7. The summed E-state index contributed by atoms with van der Waals surface area (Å²) in [4.78, 5) is 0. The van der Waals surface area contributed by atoms with Crippen LogP contribution in [0.1, 0.15) is 193 Å². The molecule has 1 saturated heterocycles. The zero-order valence-electron chi connectivity index (χ0n) is 24.3. The van der Waals surface area contributed by atoms with Gasteiger partial charge in [-0.3, -0.25) is 0 Å². The van der Waals surface area contributed by atoms with E-state index >= 15 is 0 Å². The number of ether oxygens (including phenoxy) is 2. The van der Waals surface area contributed by atoms with Gasteiger partial charge in [0, 0.05) is 13.2 Å². The zero-order valence-corrected chi connectivity index (χ0v) is 24.3. The van der Waals surface area contributed by atoms with Gasteiger partial charge in [0.05, 0.1) is 0 Å². The lowest BCUT2D eigenvalue weighted by atomic mass is 10.0. The van der Waals surface area contributed by atoms with Gasteiger partial charge in [0.2, 0.25) is 0 Å². The fourth-order valence-electron chi connectivity index (χ4n) is 5.48. The Bertz CT molecular complexity index is 377. The Morgan fingerprint density at radius 1 is 0.457 bits per heavy atom. The van der Waals surface area contributed by atoms with Crippen LogP contribution in [0.5, 0.6) is 0 Å². The minimum absolute atomic E-state index is 0.1000. The van der Waals surface area contributed by atoms with E-state index in [4.69, 9.17) is 9.47 Å². The van der Waals surface area contributed by atoms with Crippen molar-refractivity contribution in [2.45, 2.75) is 199 Å². The average molecular weight is 495 g/mol. The van der Waals surface area contributed by atoms with Crippen molar-refractivity contribution >= 4 is 0 Å². The molecule has 1 fully saturated rings. The molecular formula is C33H66O2. The van der Waals surface area contributed by atoms with Crippen molar-refractivity contribution in [3.63, 3.8) is 0 Å². The molecule has 0 saturated carbocycles. The third-order valence-corrected chi connectivity index (χ3v) is 7.94. The molecular weight excluding hydrogens is 428 g/mol. The van der Waals surface area contributed by atoms with Crippen LogP contribution in [0.25, 0.3) is 0 Å². The fraction of sp³-hybridized carbons (Fsp3) is 1.00. The van der Waals surface area contributed by atoms with Gasteiger partial charge < -0.3 is 9.47 Å². The number of hydrogen-bond donors (Lipinski definition) is 0. The molecule has 1 heterocycles. The van der Waals surface area contributed by atoms with E-state index in [0.717, 1.165) is 19.6 Å². The highest BCUT2D eigenvalue weighted by molar-refractivity contribution is 4.55. The molecule has 2 heteroatoms. The molecule has 35 heavy (non-hydrogen) atoms. The molecule has 0 aromatic rings. The topological polar surface area (TPSA) is 18.5 Å². The van der Waals surface area contributed by atoms with Crippen LogP contribution in [0.3, 0.4) is 0 Å². The molecule has 1 aliphatic heterocycles. The number of rotatable bonds is 28. The van der Waals surface area contributed by atoms with Gasteiger partial charge in [-0.2, -0.15) is 0 Å². The van der Waals surface area contributed by atoms with E-state index in [0.29, 0.717) is 0 Å². The van der Waals surface area contributed by atoms with Crippen LogP contribution in [0, 0.1) is 0 Å². The molecule has 1 unspecified atom stereocenters. The van der Waals surface area contributed by atoms with Crippen molar-refractivity contribution in [3.05, 3.63) is 0 Å². The molecule has 0 aromatic carbocycles. The van der Waals surface area contributed by atoms with Gasteiger partial charge in [-0.1, -0.05) is 167 Å². The fourth-order valence-corrected chi connectivity index (χ4v) is 5.48. The molecule has 210 valence electrons. The molecule has 0 radical (unpaired) electrons. The molecule has 0 aromatic heterocycles. The Morgan fingerprint density at radius 2 is 0.800 bits per heavy atom. The first-order valence-electron chi connectivity index (χ1n) is 16.7. The van der Waals surface area contributed by atoms with Crippen LogP contribution >= 0.6 is 0 Å². The van der Waals surface area contributed by atoms with E-state index in [2.05, 4.69) is 6.92 Å². The predicted molar refractivity (Wildman–Crippen MR) is 155 cm³/mol. The van der Waals surface area contributed by atoms with Crippen molar-refractivity contribution < 1.29 is 9.47 Å². The Morgan fingerprint density at radius 3 is 1.11 bits per heavy atom. The Labute approximate surface area is 222 Å². The summed E-state index contributed by atoms with van der Waals surface area (Å²) >= 11 is 0. The molecule has 0 spiro atoms. The highest BCUT2D eigenvalue weighted by Gasteiger charge is 2.13. The summed E-state index contributed by atoms with van der Waals surface area (Å²) in [6, 6.07) is 0. The first kappa shape index (κ1) is 32.9. The first-order chi connectivity index (χ1) is 17.4. The average Bonchev–Trinajstić information content (AvgIpc) is 2.89. The van der Waals surface area contributed by atoms with Crippen molar-refractivity contribution in [1.82, 2.24) is 0 Å². The summed E-state index contributed by atoms with van der Waals surface area (Å²) in [5.74, 6) is 0. The summed E-state index contributed by atoms with van der Waals surface area (Å²) in [7, 11) is 0. The second-order valence-corrected chi connectivity index (χ2v) is 11.5. The standard InChI is InChI=1S/C33H66O2/c1-2-3-4-5-6-7-8-9-10-11-12-13-14-15-16-17-18-19-20-21-22-23-24-25-26-28-31-34-33-30-27-29-32-35-33/h33H,2-32H2,1H3. The summed E-state index contributed by atoms with van der Waals surface area (Å²) in [6.45, 7) is 4.09. The van der Waals surface area contributed by atoms with Gasteiger partial charge in [0.25, 0.3) is 0 Å². The zero-order chi connectivity index (χ0) is 24.9. The monoisotopic (exact) mass is 495 g/mol. The van der Waals surface area contributed by atoms with Crippen LogP contribution < -0.4 is 0 Å². The molecule has 1 rings (SSSR count).